The minimum atomic E-state index is -0.997. The first-order valence-electron chi connectivity index (χ1n) is 9.86. The van der Waals surface area contributed by atoms with Crippen LogP contribution in [-0.2, 0) is 0 Å². The average Bonchev–Trinajstić information content (AvgIpc) is 3.16. The van der Waals surface area contributed by atoms with E-state index in [9.17, 15) is 14.9 Å². The van der Waals surface area contributed by atoms with Crippen molar-refractivity contribution in [1.29, 1.82) is 0 Å². The molecule has 0 spiro atoms. The third-order valence-electron chi connectivity index (χ3n) is 6.00. The molecule has 1 saturated heterocycles. The van der Waals surface area contributed by atoms with Crippen LogP contribution in [0.1, 0.15) is 39.0 Å². The summed E-state index contributed by atoms with van der Waals surface area (Å²) in [5.41, 5.74) is 2.99. The van der Waals surface area contributed by atoms with Crippen LogP contribution in [0.4, 0.5) is 0 Å². The number of carbonyl (C=O) groups excluding carboxylic acids is 1. The van der Waals surface area contributed by atoms with Gasteiger partial charge in [0.05, 0.1) is 12.1 Å². The molecule has 5 rings (SSSR count). The summed E-state index contributed by atoms with van der Waals surface area (Å²) >= 11 is 0. The Morgan fingerprint density at radius 1 is 0.900 bits per heavy atom. The lowest BCUT2D eigenvalue weighted by molar-refractivity contribution is -0.529. The number of benzene rings is 3. The molecule has 2 aliphatic rings. The van der Waals surface area contributed by atoms with Crippen molar-refractivity contribution in [3.63, 3.8) is 0 Å². The molecule has 0 radical (unpaired) electrons. The number of ketones is 1. The maximum atomic E-state index is 13.6. The smallest absolute Gasteiger partial charge is 0.248 e. The minimum absolute atomic E-state index is 0.157. The third kappa shape index (κ3) is 2.80. The van der Waals surface area contributed by atoms with Crippen molar-refractivity contribution >= 4 is 12.0 Å². The van der Waals surface area contributed by atoms with Crippen LogP contribution in [0.15, 0.2) is 90.0 Å². The number of hydrazone groups is 1. The van der Waals surface area contributed by atoms with E-state index in [1.165, 1.54) is 0 Å². The van der Waals surface area contributed by atoms with E-state index in [1.54, 1.807) is 35.5 Å². The molecule has 2 aliphatic heterocycles. The van der Waals surface area contributed by atoms with Gasteiger partial charge in [0, 0.05) is 16.1 Å². The molecule has 4 atom stereocenters. The molecule has 0 aliphatic carbocycles. The van der Waals surface area contributed by atoms with E-state index >= 15 is 0 Å². The second-order valence-electron chi connectivity index (χ2n) is 7.59. The number of hydrogen-bond donors (Lipinski definition) is 0. The highest BCUT2D eigenvalue weighted by molar-refractivity contribution is 6.01. The van der Waals surface area contributed by atoms with Gasteiger partial charge in [-0.05, 0) is 11.1 Å². The van der Waals surface area contributed by atoms with Gasteiger partial charge in [-0.3, -0.25) is 19.9 Å². The SMILES string of the molecule is O=C(c1ccccc1)[C@@H]1[C@H](c2ccccc2)[C@H]([N+](=O)[O-])[C@@H]2c3ccccc3C=NN12. The number of fused-ring (bicyclic) bond motifs is 3. The molecular formula is C24H19N3O3. The fourth-order valence-corrected chi connectivity index (χ4v) is 4.73. The fraction of sp³-hybridized carbons (Fsp3) is 0.167. The van der Waals surface area contributed by atoms with Crippen LogP contribution in [0.5, 0.6) is 0 Å². The monoisotopic (exact) mass is 397 g/mol. The first kappa shape index (κ1) is 18.2. The molecule has 30 heavy (non-hydrogen) atoms. The van der Waals surface area contributed by atoms with Crippen LogP contribution >= 0.6 is 0 Å². The van der Waals surface area contributed by atoms with Gasteiger partial charge in [0.2, 0.25) is 6.04 Å². The van der Waals surface area contributed by atoms with Gasteiger partial charge in [0.25, 0.3) is 0 Å². The van der Waals surface area contributed by atoms with Crippen LogP contribution in [0.25, 0.3) is 0 Å². The summed E-state index contributed by atoms with van der Waals surface area (Å²) in [6.45, 7) is 0. The van der Waals surface area contributed by atoms with Crippen molar-refractivity contribution in [3.8, 4) is 0 Å². The van der Waals surface area contributed by atoms with Gasteiger partial charge < -0.3 is 0 Å². The van der Waals surface area contributed by atoms with Crippen molar-refractivity contribution in [2.24, 2.45) is 5.10 Å². The number of nitro groups is 1. The summed E-state index contributed by atoms with van der Waals surface area (Å²) in [5.74, 6) is -0.780. The van der Waals surface area contributed by atoms with Crippen molar-refractivity contribution in [2.75, 3.05) is 0 Å². The Balaban J connectivity index is 1.71. The number of Topliss-reactive ketones (excluding diaryl/α,β-unsaturated/α-hetero) is 1. The predicted molar refractivity (Wildman–Crippen MR) is 113 cm³/mol. The van der Waals surface area contributed by atoms with Gasteiger partial charge in [-0.15, -0.1) is 0 Å². The highest BCUT2D eigenvalue weighted by atomic mass is 16.6. The molecule has 148 valence electrons. The summed E-state index contributed by atoms with van der Waals surface area (Å²) in [6.07, 6.45) is 1.70. The summed E-state index contributed by atoms with van der Waals surface area (Å²) in [7, 11) is 0. The van der Waals surface area contributed by atoms with Crippen molar-refractivity contribution in [2.45, 2.75) is 24.0 Å². The third-order valence-corrected chi connectivity index (χ3v) is 6.00. The molecule has 2 heterocycles. The van der Waals surface area contributed by atoms with Crippen LogP contribution < -0.4 is 0 Å². The normalized spacial score (nSPS) is 24.2. The van der Waals surface area contributed by atoms with Gasteiger partial charge in [0.1, 0.15) is 12.1 Å². The average molecular weight is 397 g/mol. The van der Waals surface area contributed by atoms with Crippen LogP contribution in [0, 0.1) is 10.1 Å². The van der Waals surface area contributed by atoms with Crippen molar-refractivity contribution < 1.29 is 9.72 Å². The Bertz CT molecular complexity index is 1130. The zero-order valence-electron chi connectivity index (χ0n) is 16.0. The van der Waals surface area contributed by atoms with Gasteiger partial charge in [-0.1, -0.05) is 84.9 Å². The van der Waals surface area contributed by atoms with Crippen LogP contribution in [0.3, 0.4) is 0 Å². The first-order valence-corrected chi connectivity index (χ1v) is 9.86. The number of rotatable bonds is 4. The van der Waals surface area contributed by atoms with Gasteiger partial charge in [0.15, 0.2) is 5.78 Å². The van der Waals surface area contributed by atoms with Crippen LogP contribution in [-0.4, -0.2) is 34.0 Å². The molecule has 6 nitrogen and oxygen atoms in total. The standard InChI is InChI=1S/C24H19N3O3/c28-24(17-11-5-2-6-12-17)23-20(16-9-3-1-4-10-16)22(27(29)30)21-19-14-8-7-13-18(19)15-25-26(21)23/h1-15,20-23H/t20-,21+,22+,23+/m1/s1. The molecule has 0 N–H and O–H groups in total. The zero-order valence-corrected chi connectivity index (χ0v) is 16.0. The number of nitrogens with zero attached hydrogens (tertiary/aromatic N) is 3. The lowest BCUT2D eigenvalue weighted by Gasteiger charge is -2.30. The maximum absolute atomic E-state index is 13.6. The van der Waals surface area contributed by atoms with Crippen molar-refractivity contribution in [1.82, 2.24) is 5.01 Å². The van der Waals surface area contributed by atoms with E-state index in [0.717, 1.165) is 16.7 Å². The van der Waals surface area contributed by atoms with Crippen molar-refractivity contribution in [3.05, 3.63) is 117 Å². The molecule has 6 heteroatoms. The molecule has 0 amide bonds. The first-order chi connectivity index (χ1) is 14.7. The molecule has 0 aromatic heterocycles. The largest absolute Gasteiger partial charge is 0.292 e. The summed E-state index contributed by atoms with van der Waals surface area (Å²) in [6, 6.07) is 23.4. The van der Waals surface area contributed by atoms with E-state index in [-0.39, 0.29) is 10.7 Å². The summed E-state index contributed by atoms with van der Waals surface area (Å²) in [5, 5.41) is 18.6. The Kier molecular flexibility index (Phi) is 4.39. The Labute approximate surface area is 173 Å². The van der Waals surface area contributed by atoms with E-state index in [2.05, 4.69) is 5.10 Å². The Hall–Kier alpha value is -3.80. The van der Waals surface area contributed by atoms with Crippen LogP contribution in [0.2, 0.25) is 0 Å². The zero-order chi connectivity index (χ0) is 20.7. The highest BCUT2D eigenvalue weighted by Crippen LogP contribution is 2.49. The molecule has 1 fully saturated rings. The predicted octanol–water partition coefficient (Wildman–Crippen LogP) is 4.07. The summed E-state index contributed by atoms with van der Waals surface area (Å²) in [4.78, 5) is 25.8. The molecule has 3 aromatic carbocycles. The van der Waals surface area contributed by atoms with Gasteiger partial charge in [-0.2, -0.15) is 5.10 Å². The second kappa shape index (κ2) is 7.22. The molecule has 3 aromatic rings. The molecule has 0 saturated carbocycles. The quantitative estimate of drug-likeness (QED) is 0.378. The Morgan fingerprint density at radius 3 is 2.23 bits per heavy atom. The van der Waals surface area contributed by atoms with E-state index in [0.29, 0.717) is 5.56 Å². The van der Waals surface area contributed by atoms with E-state index < -0.39 is 24.0 Å². The topological polar surface area (TPSA) is 75.8 Å². The maximum Gasteiger partial charge on any atom is 0.248 e. The Morgan fingerprint density at radius 2 is 1.53 bits per heavy atom. The van der Waals surface area contributed by atoms with Gasteiger partial charge >= 0.3 is 0 Å². The number of carbonyl (C=O) groups is 1. The highest BCUT2D eigenvalue weighted by Gasteiger charge is 2.60. The summed E-state index contributed by atoms with van der Waals surface area (Å²) < 4.78 is 0. The fourth-order valence-electron chi connectivity index (χ4n) is 4.73. The lowest BCUT2D eigenvalue weighted by atomic mass is 9.82. The molecule has 0 unspecified atom stereocenters. The lowest BCUT2D eigenvalue weighted by Crippen LogP contribution is -2.38. The minimum Gasteiger partial charge on any atom is -0.292 e. The van der Waals surface area contributed by atoms with E-state index in [4.69, 9.17) is 0 Å². The van der Waals surface area contributed by atoms with E-state index in [1.807, 2.05) is 60.7 Å². The number of hydrogen-bond acceptors (Lipinski definition) is 5. The van der Waals surface area contributed by atoms with Gasteiger partial charge in [-0.25, -0.2) is 0 Å². The molecule has 0 bridgehead atoms. The molecular weight excluding hydrogens is 378 g/mol. The second-order valence-corrected chi connectivity index (χ2v) is 7.59.